The van der Waals surface area contributed by atoms with Gasteiger partial charge in [-0.3, -0.25) is 0 Å². The van der Waals surface area contributed by atoms with Crippen LogP contribution in [0.15, 0.2) is 23.3 Å². The van der Waals surface area contributed by atoms with Gasteiger partial charge in [0.2, 0.25) is 0 Å². The summed E-state index contributed by atoms with van der Waals surface area (Å²) in [5.74, 6) is 0. The van der Waals surface area contributed by atoms with Gasteiger partial charge in [-0.2, -0.15) is 4.94 Å². The zero-order chi connectivity index (χ0) is 6.10. The van der Waals surface area contributed by atoms with Gasteiger partial charge in [-0.25, -0.2) is 5.06 Å². The number of hydrogen-bond acceptors (Lipinski definition) is 4. The molecule has 2 heterocycles. The summed E-state index contributed by atoms with van der Waals surface area (Å²) in [5, 5.41) is 2.92. The molecule has 0 amide bonds. The van der Waals surface area contributed by atoms with E-state index >= 15 is 0 Å². The first-order chi connectivity index (χ1) is 4.47. The van der Waals surface area contributed by atoms with Gasteiger partial charge in [0, 0.05) is 11.9 Å². The third-order valence-electron chi connectivity index (χ3n) is 1.19. The highest BCUT2D eigenvalue weighted by Crippen LogP contribution is 2.25. The summed E-state index contributed by atoms with van der Waals surface area (Å²) in [4.78, 5) is 7.68. The Balaban J connectivity index is 2.23. The highest BCUT2D eigenvalue weighted by Gasteiger charge is 2.18. The van der Waals surface area contributed by atoms with Gasteiger partial charge < -0.3 is 0 Å². The van der Waals surface area contributed by atoms with Crippen molar-refractivity contribution in [3.63, 3.8) is 0 Å². The van der Waals surface area contributed by atoms with E-state index in [0.29, 0.717) is 0 Å². The van der Waals surface area contributed by atoms with Crippen molar-refractivity contribution in [1.29, 1.82) is 0 Å². The molecule has 0 radical (unpaired) electrons. The van der Waals surface area contributed by atoms with Crippen LogP contribution in [0.1, 0.15) is 0 Å². The van der Waals surface area contributed by atoms with Gasteiger partial charge in [0.1, 0.15) is 5.03 Å². The van der Waals surface area contributed by atoms with Gasteiger partial charge in [0.25, 0.3) is 0 Å². The smallest absolute Gasteiger partial charge is 0.116 e. The first-order valence-corrected chi connectivity index (χ1v) is 3.51. The van der Waals surface area contributed by atoms with Crippen LogP contribution in [-0.2, 0) is 4.94 Å². The second kappa shape index (κ2) is 2.06. The van der Waals surface area contributed by atoms with Crippen molar-refractivity contribution >= 4 is 11.9 Å². The largest absolute Gasteiger partial charge is 0.222 e. The molecule has 3 nitrogen and oxygen atoms in total. The third kappa shape index (κ3) is 0.849. The average Bonchev–Trinajstić information content (AvgIpc) is 2.33. The molecule has 1 N–H and O–H groups in total. The molecule has 0 unspecified atom stereocenters. The van der Waals surface area contributed by atoms with Crippen LogP contribution in [0.4, 0.5) is 0 Å². The lowest BCUT2D eigenvalue weighted by Gasteiger charge is -2.13. The Morgan fingerprint density at radius 3 is 3.67 bits per heavy atom. The van der Waals surface area contributed by atoms with Crippen molar-refractivity contribution in [3.8, 4) is 0 Å². The Hall–Kier alpha value is -0.450. The molecule has 0 spiro atoms. The van der Waals surface area contributed by atoms with E-state index in [1.165, 1.54) is 11.9 Å². The minimum Gasteiger partial charge on any atom is -0.222 e. The Labute approximate surface area is 57.4 Å². The summed E-state index contributed by atoms with van der Waals surface area (Å²) in [6, 6.07) is 0. The zero-order valence-electron chi connectivity index (χ0n) is 4.70. The lowest BCUT2D eigenvalue weighted by molar-refractivity contribution is -0.128. The van der Waals surface area contributed by atoms with Crippen molar-refractivity contribution in [2.45, 2.75) is 0 Å². The number of nitrogens with zero attached hydrogens (tertiary/aromatic N) is 1. The normalized spacial score (nSPS) is 24.0. The van der Waals surface area contributed by atoms with Crippen molar-refractivity contribution in [2.75, 3.05) is 6.54 Å². The molecule has 0 saturated carbocycles. The van der Waals surface area contributed by atoms with E-state index in [0.717, 1.165) is 11.6 Å². The van der Waals surface area contributed by atoms with Crippen LogP contribution in [0.5, 0.6) is 0 Å². The van der Waals surface area contributed by atoms with E-state index in [4.69, 9.17) is 4.94 Å². The van der Waals surface area contributed by atoms with Crippen LogP contribution in [0.25, 0.3) is 0 Å². The highest BCUT2D eigenvalue weighted by atomic mass is 32.2. The lowest BCUT2D eigenvalue weighted by Crippen LogP contribution is -2.19. The van der Waals surface area contributed by atoms with Crippen molar-refractivity contribution in [2.24, 2.45) is 0 Å². The Bertz CT molecular complexity index is 178. The van der Waals surface area contributed by atoms with Gasteiger partial charge in [0.05, 0.1) is 6.54 Å². The zero-order valence-corrected chi connectivity index (χ0v) is 5.52. The first-order valence-electron chi connectivity index (χ1n) is 2.70. The summed E-state index contributed by atoms with van der Waals surface area (Å²) in [7, 11) is 0. The summed E-state index contributed by atoms with van der Waals surface area (Å²) in [6.07, 6.45) is 6.07. The van der Waals surface area contributed by atoms with Crippen molar-refractivity contribution in [3.05, 3.63) is 23.3 Å². The molecule has 1 fully saturated rings. The molecular formula is C5H6N2OS. The second-order valence-corrected chi connectivity index (χ2v) is 2.56. The van der Waals surface area contributed by atoms with Gasteiger partial charge in [0.15, 0.2) is 0 Å². The molecular weight excluding hydrogens is 136 g/mol. The van der Waals surface area contributed by atoms with E-state index in [2.05, 4.69) is 4.89 Å². The van der Waals surface area contributed by atoms with Gasteiger partial charge >= 0.3 is 0 Å². The lowest BCUT2D eigenvalue weighted by atomic mass is 10.4. The molecule has 0 aromatic carbocycles. The third-order valence-corrected chi connectivity index (χ3v) is 1.89. The molecule has 2 aliphatic rings. The van der Waals surface area contributed by atoms with E-state index in [9.17, 15) is 0 Å². The maximum atomic E-state index is 4.98. The van der Waals surface area contributed by atoms with Crippen LogP contribution in [0, 0.1) is 0 Å². The molecule has 0 aromatic heterocycles. The quantitative estimate of drug-likeness (QED) is 0.505. The topological polar surface area (TPSA) is 24.5 Å². The number of hydrogen-bond donors (Lipinski definition) is 1. The van der Waals surface area contributed by atoms with Gasteiger partial charge in [-0.15, -0.1) is 4.89 Å². The molecule has 0 atom stereocenters. The Morgan fingerprint density at radius 2 is 2.78 bits per heavy atom. The maximum absolute atomic E-state index is 4.98. The van der Waals surface area contributed by atoms with Crippen LogP contribution >= 0.6 is 11.9 Å². The predicted octanol–water partition coefficient (Wildman–Crippen LogP) is 0.798. The summed E-state index contributed by atoms with van der Waals surface area (Å²) >= 11 is 1.49. The minimum absolute atomic E-state index is 0.839. The number of nitrogens with one attached hydrogen (secondary N) is 1. The van der Waals surface area contributed by atoms with E-state index in [1.807, 2.05) is 18.2 Å². The minimum atomic E-state index is 0.839. The van der Waals surface area contributed by atoms with Crippen molar-refractivity contribution < 1.29 is 4.94 Å². The van der Waals surface area contributed by atoms with Crippen LogP contribution in [-0.4, -0.2) is 11.6 Å². The SMILES string of the molecule is C1=CCN2ONSC2=C1. The fourth-order valence-corrected chi connectivity index (χ4v) is 1.33. The summed E-state index contributed by atoms with van der Waals surface area (Å²) < 4.78 is 0. The molecule has 0 aromatic rings. The summed E-state index contributed by atoms with van der Waals surface area (Å²) in [5.41, 5.74) is 0. The number of rotatable bonds is 0. The fourth-order valence-electron chi connectivity index (χ4n) is 0.754. The van der Waals surface area contributed by atoms with Crippen LogP contribution in [0.3, 0.4) is 0 Å². The maximum Gasteiger partial charge on any atom is 0.116 e. The molecule has 2 rings (SSSR count). The van der Waals surface area contributed by atoms with Crippen LogP contribution in [0.2, 0.25) is 0 Å². The second-order valence-electron chi connectivity index (χ2n) is 1.77. The first kappa shape index (κ1) is 5.34. The standard InChI is InChI=1S/C5H6N2OS/c1-2-4-7-5(3-1)9-6-8-7/h1-3,6H,4H2. The number of fused-ring (bicyclic) bond motifs is 1. The summed E-state index contributed by atoms with van der Waals surface area (Å²) in [6.45, 7) is 0.839. The number of allylic oxidation sites excluding steroid dienone is 2. The van der Waals surface area contributed by atoms with Gasteiger partial charge in [-0.05, 0) is 6.08 Å². The molecule has 4 heteroatoms. The molecule has 0 aliphatic carbocycles. The van der Waals surface area contributed by atoms with Crippen molar-refractivity contribution in [1.82, 2.24) is 9.95 Å². The molecule has 1 saturated heterocycles. The predicted molar refractivity (Wildman–Crippen MR) is 35.7 cm³/mol. The average molecular weight is 142 g/mol. The highest BCUT2D eigenvalue weighted by molar-refractivity contribution is 8.01. The number of hydroxylamine groups is 2. The fraction of sp³-hybridized carbons (Fsp3) is 0.200. The molecule has 2 aliphatic heterocycles. The van der Waals surface area contributed by atoms with E-state index < -0.39 is 0 Å². The van der Waals surface area contributed by atoms with Crippen LogP contribution < -0.4 is 4.89 Å². The van der Waals surface area contributed by atoms with Gasteiger partial charge in [-0.1, -0.05) is 12.2 Å². The van der Waals surface area contributed by atoms with E-state index in [1.54, 1.807) is 5.06 Å². The van der Waals surface area contributed by atoms with E-state index in [-0.39, 0.29) is 0 Å². The molecule has 9 heavy (non-hydrogen) atoms. The molecule has 48 valence electrons. The Kier molecular flexibility index (Phi) is 1.22. The molecule has 0 bridgehead atoms. The Morgan fingerprint density at radius 1 is 1.78 bits per heavy atom. The monoisotopic (exact) mass is 142 g/mol.